The molecule has 0 unspecified atom stereocenters. The van der Waals surface area contributed by atoms with Crippen LogP contribution in [0.4, 0.5) is 4.39 Å². The number of benzene rings is 2. The Bertz CT molecular complexity index is 469. The van der Waals surface area contributed by atoms with Crippen LogP contribution in [0.3, 0.4) is 0 Å². The van der Waals surface area contributed by atoms with E-state index in [1.54, 1.807) is 0 Å². The minimum atomic E-state index is -0.363. The maximum absolute atomic E-state index is 12.1. The minimum Gasteiger partial charge on any atom is -0.246 e. The smallest absolute Gasteiger partial charge is 0.115 e. The molecular formula is C19H25F. The summed E-state index contributed by atoms with van der Waals surface area (Å²) in [6.07, 6.45) is 0. The van der Waals surface area contributed by atoms with Gasteiger partial charge in [-0.25, -0.2) is 4.39 Å². The van der Waals surface area contributed by atoms with Crippen molar-refractivity contribution in [2.45, 2.75) is 46.2 Å². The molecule has 0 radical (unpaired) electrons. The van der Waals surface area contributed by atoms with Crippen molar-refractivity contribution >= 4 is 0 Å². The summed E-state index contributed by atoms with van der Waals surface area (Å²) in [7, 11) is 0. The van der Waals surface area contributed by atoms with Gasteiger partial charge in [0.1, 0.15) is 6.67 Å². The molecule has 0 saturated carbocycles. The molecule has 0 aliphatic heterocycles. The molecule has 0 N–H and O–H groups in total. The van der Waals surface area contributed by atoms with Crippen LogP contribution in [-0.4, -0.2) is 0 Å². The molecule has 0 heterocycles. The van der Waals surface area contributed by atoms with E-state index in [-0.39, 0.29) is 6.67 Å². The summed E-state index contributed by atoms with van der Waals surface area (Å²) in [6, 6.07) is 18.2. The first kappa shape index (κ1) is 16.4. The number of hydrogen-bond acceptors (Lipinski definition) is 0. The van der Waals surface area contributed by atoms with Gasteiger partial charge in [-0.1, -0.05) is 82.3 Å². The second-order valence-corrected chi connectivity index (χ2v) is 5.60. The van der Waals surface area contributed by atoms with Crippen LogP contribution in [0.15, 0.2) is 54.6 Å². The van der Waals surface area contributed by atoms with Gasteiger partial charge in [0.05, 0.1) is 0 Å². The maximum atomic E-state index is 12.1. The second kappa shape index (κ2) is 8.52. The summed E-state index contributed by atoms with van der Waals surface area (Å²) in [6.45, 7) is 8.30. The topological polar surface area (TPSA) is 0 Å². The quantitative estimate of drug-likeness (QED) is 0.634. The van der Waals surface area contributed by atoms with Gasteiger partial charge in [-0.2, -0.15) is 0 Å². The van der Waals surface area contributed by atoms with Crippen molar-refractivity contribution in [3.63, 3.8) is 0 Å². The fourth-order valence-corrected chi connectivity index (χ4v) is 1.83. The van der Waals surface area contributed by atoms with E-state index in [2.05, 4.69) is 52.0 Å². The molecule has 0 fully saturated rings. The lowest BCUT2D eigenvalue weighted by Crippen LogP contribution is -1.86. The number of alkyl halides is 1. The Morgan fingerprint density at radius 1 is 0.700 bits per heavy atom. The first-order valence-corrected chi connectivity index (χ1v) is 7.24. The Kier molecular flexibility index (Phi) is 7.00. The van der Waals surface area contributed by atoms with E-state index in [9.17, 15) is 4.39 Å². The Hall–Kier alpha value is -1.63. The van der Waals surface area contributed by atoms with Crippen molar-refractivity contribution in [3.8, 4) is 0 Å². The summed E-state index contributed by atoms with van der Waals surface area (Å²) in [5.74, 6) is 1.19. The van der Waals surface area contributed by atoms with Gasteiger partial charge in [-0.15, -0.1) is 0 Å². The highest BCUT2D eigenvalue weighted by atomic mass is 19.1. The average molecular weight is 272 g/mol. The number of halogens is 1. The Morgan fingerprint density at radius 2 is 1.15 bits per heavy atom. The minimum absolute atomic E-state index is 0.363. The first-order chi connectivity index (χ1) is 9.54. The molecule has 0 aliphatic carbocycles. The zero-order valence-corrected chi connectivity index (χ0v) is 12.9. The molecule has 2 aromatic rings. The molecule has 0 amide bonds. The Balaban J connectivity index is 0.000000204. The third-order valence-corrected chi connectivity index (χ3v) is 3.27. The number of hydrogen-bond donors (Lipinski definition) is 0. The normalized spacial score (nSPS) is 10.3. The highest BCUT2D eigenvalue weighted by molar-refractivity contribution is 5.24. The van der Waals surface area contributed by atoms with Gasteiger partial charge in [-0.3, -0.25) is 0 Å². The Morgan fingerprint density at radius 3 is 1.50 bits per heavy atom. The van der Waals surface area contributed by atoms with Gasteiger partial charge < -0.3 is 0 Å². The van der Waals surface area contributed by atoms with Crippen molar-refractivity contribution in [3.05, 3.63) is 71.3 Å². The summed E-state index contributed by atoms with van der Waals surface area (Å²) >= 11 is 0. The van der Waals surface area contributed by atoms with Crippen LogP contribution in [0.1, 0.15) is 56.2 Å². The summed E-state index contributed by atoms with van der Waals surface area (Å²) < 4.78 is 12.1. The lowest BCUT2D eigenvalue weighted by atomic mass is 10.0. The van der Waals surface area contributed by atoms with Gasteiger partial charge in [0, 0.05) is 0 Å². The van der Waals surface area contributed by atoms with Crippen LogP contribution in [0, 0.1) is 0 Å². The summed E-state index contributed by atoms with van der Waals surface area (Å²) in [5, 5.41) is 0. The Labute approximate surface area is 122 Å². The molecule has 20 heavy (non-hydrogen) atoms. The molecule has 1 heteroatoms. The zero-order valence-electron chi connectivity index (χ0n) is 12.9. The van der Waals surface area contributed by atoms with E-state index in [1.807, 2.05) is 30.3 Å². The SMILES string of the molecule is CC(C)c1ccc(CF)cc1.CC(C)c1ccccc1. The molecule has 108 valence electrons. The van der Waals surface area contributed by atoms with Gasteiger partial charge in [-0.05, 0) is 28.5 Å². The van der Waals surface area contributed by atoms with E-state index < -0.39 is 0 Å². The predicted octanol–water partition coefficient (Wildman–Crippen LogP) is 6.09. The third-order valence-electron chi connectivity index (χ3n) is 3.27. The van der Waals surface area contributed by atoms with E-state index in [1.165, 1.54) is 11.1 Å². The van der Waals surface area contributed by atoms with Crippen LogP contribution in [0.2, 0.25) is 0 Å². The van der Waals surface area contributed by atoms with Crippen molar-refractivity contribution in [1.29, 1.82) is 0 Å². The lowest BCUT2D eigenvalue weighted by Gasteiger charge is -2.04. The molecule has 0 bridgehead atoms. The largest absolute Gasteiger partial charge is 0.246 e. The van der Waals surface area contributed by atoms with E-state index in [4.69, 9.17) is 0 Å². The zero-order chi connectivity index (χ0) is 15.0. The van der Waals surface area contributed by atoms with Gasteiger partial charge in [0.25, 0.3) is 0 Å². The highest BCUT2D eigenvalue weighted by Gasteiger charge is 1.97. The third kappa shape index (κ3) is 5.56. The van der Waals surface area contributed by atoms with Crippen molar-refractivity contribution in [2.24, 2.45) is 0 Å². The monoisotopic (exact) mass is 272 g/mol. The molecule has 0 aromatic heterocycles. The summed E-state index contributed by atoms with van der Waals surface area (Å²) in [5.41, 5.74) is 3.44. The standard InChI is InChI=1S/C10H13F.C9H12/c1-8(2)10-5-3-9(7-11)4-6-10;1-8(2)9-6-4-3-5-7-9/h3-6,8H,7H2,1-2H3;3-8H,1-2H3. The second-order valence-electron chi connectivity index (χ2n) is 5.60. The lowest BCUT2D eigenvalue weighted by molar-refractivity contribution is 0.485. The molecule has 0 atom stereocenters. The number of rotatable bonds is 3. The first-order valence-electron chi connectivity index (χ1n) is 7.24. The van der Waals surface area contributed by atoms with E-state index >= 15 is 0 Å². The van der Waals surface area contributed by atoms with E-state index in [0.717, 1.165) is 5.56 Å². The van der Waals surface area contributed by atoms with Gasteiger partial charge in [0.15, 0.2) is 0 Å². The van der Waals surface area contributed by atoms with Gasteiger partial charge in [0.2, 0.25) is 0 Å². The van der Waals surface area contributed by atoms with Crippen LogP contribution in [0.5, 0.6) is 0 Å². The average Bonchev–Trinajstić information content (AvgIpc) is 2.49. The van der Waals surface area contributed by atoms with Crippen LogP contribution in [0.25, 0.3) is 0 Å². The molecule has 0 nitrogen and oxygen atoms in total. The molecule has 2 rings (SSSR count). The van der Waals surface area contributed by atoms with Crippen molar-refractivity contribution < 1.29 is 4.39 Å². The molecular weight excluding hydrogens is 247 g/mol. The van der Waals surface area contributed by atoms with Crippen LogP contribution < -0.4 is 0 Å². The van der Waals surface area contributed by atoms with Crippen molar-refractivity contribution in [1.82, 2.24) is 0 Å². The fourth-order valence-electron chi connectivity index (χ4n) is 1.83. The van der Waals surface area contributed by atoms with Gasteiger partial charge >= 0.3 is 0 Å². The van der Waals surface area contributed by atoms with Crippen LogP contribution >= 0.6 is 0 Å². The summed E-state index contributed by atoms with van der Waals surface area (Å²) in [4.78, 5) is 0. The van der Waals surface area contributed by atoms with E-state index in [0.29, 0.717) is 11.8 Å². The van der Waals surface area contributed by atoms with Crippen LogP contribution in [-0.2, 0) is 6.67 Å². The molecule has 0 aliphatic rings. The van der Waals surface area contributed by atoms with Crippen molar-refractivity contribution in [2.75, 3.05) is 0 Å². The fraction of sp³-hybridized carbons (Fsp3) is 0.368. The predicted molar refractivity (Wildman–Crippen MR) is 85.9 cm³/mol. The molecule has 2 aromatic carbocycles. The molecule has 0 saturated heterocycles. The maximum Gasteiger partial charge on any atom is 0.115 e. The molecule has 0 spiro atoms. The highest BCUT2D eigenvalue weighted by Crippen LogP contribution is 2.14.